The van der Waals surface area contributed by atoms with E-state index < -0.39 is 0 Å². The fraction of sp³-hybridized carbons (Fsp3) is 0.478. The van der Waals surface area contributed by atoms with Gasteiger partial charge in [0.05, 0.1) is 12.1 Å². The Hall–Kier alpha value is -2.56. The molecule has 1 saturated heterocycles. The zero-order chi connectivity index (χ0) is 20.5. The lowest BCUT2D eigenvalue weighted by atomic mass is 9.96. The molecule has 1 amide bonds. The summed E-state index contributed by atoms with van der Waals surface area (Å²) in [7, 11) is 0. The Morgan fingerprint density at radius 2 is 2.03 bits per heavy atom. The van der Waals surface area contributed by atoms with Crippen LogP contribution in [0.2, 0.25) is 0 Å². The predicted molar refractivity (Wildman–Crippen MR) is 114 cm³/mol. The number of carbonyl (C=O) groups is 1. The first-order chi connectivity index (χ1) is 14.7. The van der Waals surface area contributed by atoms with E-state index in [2.05, 4.69) is 23.5 Å². The topological polar surface area (TPSA) is 75.8 Å². The smallest absolute Gasteiger partial charge is 0.280 e. The molecule has 1 fully saturated rings. The lowest BCUT2D eigenvalue weighted by molar-refractivity contribution is -0.910. The maximum absolute atomic E-state index is 12.9. The zero-order valence-corrected chi connectivity index (χ0v) is 17.8. The molecule has 0 spiro atoms. The summed E-state index contributed by atoms with van der Waals surface area (Å²) < 4.78 is 11.4. The van der Waals surface area contributed by atoms with Crippen LogP contribution in [-0.2, 0) is 17.6 Å². The Balaban J connectivity index is 1.29. The third kappa shape index (κ3) is 3.66. The number of anilines is 1. The standard InChI is InChI=1S/C23H25N3O3S/c24-13-17-16-4-1-2-6-21(16)30-23(17)25-22(27)14-26-9-3-5-18(26)15-7-8-19-20(12-15)29-11-10-28-19/h7-8,12,18H,1-6,9-11,14H2,(H,25,27)/p+1/t18-/m0/s1. The fourth-order valence-corrected chi connectivity index (χ4v) is 6.21. The molecule has 1 unspecified atom stereocenters. The fourth-order valence-electron chi connectivity index (χ4n) is 4.95. The van der Waals surface area contributed by atoms with E-state index in [9.17, 15) is 10.1 Å². The van der Waals surface area contributed by atoms with Crippen molar-refractivity contribution in [2.75, 3.05) is 31.6 Å². The maximum atomic E-state index is 12.9. The van der Waals surface area contributed by atoms with Crippen molar-refractivity contribution in [3.8, 4) is 17.6 Å². The third-order valence-electron chi connectivity index (χ3n) is 6.38. The molecular weight excluding hydrogens is 398 g/mol. The number of nitriles is 1. The number of carbonyl (C=O) groups excluding carboxylic acids is 1. The van der Waals surface area contributed by atoms with Crippen molar-refractivity contribution in [3.05, 3.63) is 39.8 Å². The van der Waals surface area contributed by atoms with Gasteiger partial charge in [0, 0.05) is 23.3 Å². The minimum Gasteiger partial charge on any atom is -0.486 e. The molecule has 2 aromatic rings. The van der Waals surface area contributed by atoms with E-state index in [1.54, 1.807) is 11.3 Å². The van der Waals surface area contributed by atoms with Crippen LogP contribution in [0.15, 0.2) is 18.2 Å². The van der Waals surface area contributed by atoms with Gasteiger partial charge in [-0.1, -0.05) is 0 Å². The maximum Gasteiger partial charge on any atom is 0.280 e. The average Bonchev–Trinajstić information content (AvgIpc) is 3.37. The molecule has 0 bridgehead atoms. The van der Waals surface area contributed by atoms with E-state index in [0.29, 0.717) is 25.3 Å². The number of ether oxygens (including phenoxy) is 2. The van der Waals surface area contributed by atoms with E-state index >= 15 is 0 Å². The van der Waals surface area contributed by atoms with Crippen LogP contribution >= 0.6 is 11.3 Å². The molecule has 5 rings (SSSR count). The summed E-state index contributed by atoms with van der Waals surface area (Å²) >= 11 is 1.59. The quantitative estimate of drug-likeness (QED) is 0.791. The highest BCUT2D eigenvalue weighted by Gasteiger charge is 2.33. The van der Waals surface area contributed by atoms with Gasteiger partial charge in [-0.2, -0.15) is 5.26 Å². The van der Waals surface area contributed by atoms with Gasteiger partial charge in [0.2, 0.25) is 0 Å². The largest absolute Gasteiger partial charge is 0.486 e. The number of rotatable bonds is 4. The van der Waals surface area contributed by atoms with Crippen LogP contribution in [0.5, 0.6) is 11.5 Å². The summed E-state index contributed by atoms with van der Waals surface area (Å²) in [6.45, 7) is 2.54. The van der Waals surface area contributed by atoms with Crippen LogP contribution < -0.4 is 19.7 Å². The van der Waals surface area contributed by atoms with Crippen molar-refractivity contribution in [2.24, 2.45) is 0 Å². The summed E-state index contributed by atoms with van der Waals surface area (Å²) in [5.74, 6) is 1.59. The molecule has 6 nitrogen and oxygen atoms in total. The van der Waals surface area contributed by atoms with Gasteiger partial charge in [-0.05, 0) is 49.4 Å². The van der Waals surface area contributed by atoms with E-state index in [1.807, 2.05) is 6.07 Å². The molecule has 1 aromatic carbocycles. The Morgan fingerprint density at radius 1 is 1.20 bits per heavy atom. The average molecular weight is 425 g/mol. The molecule has 2 aliphatic heterocycles. The normalized spacial score (nSPS) is 22.2. The molecule has 30 heavy (non-hydrogen) atoms. The molecule has 1 aliphatic carbocycles. The number of nitrogens with zero attached hydrogens (tertiary/aromatic N) is 1. The Labute approximate surface area is 180 Å². The van der Waals surface area contributed by atoms with Crippen molar-refractivity contribution >= 4 is 22.2 Å². The highest BCUT2D eigenvalue weighted by Crippen LogP contribution is 2.37. The summed E-state index contributed by atoms with van der Waals surface area (Å²) in [5.41, 5.74) is 3.04. The first-order valence-electron chi connectivity index (χ1n) is 10.8. The Kier molecular flexibility index (Phi) is 5.36. The highest BCUT2D eigenvalue weighted by atomic mass is 32.1. The molecule has 2 N–H and O–H groups in total. The first kappa shape index (κ1) is 19.4. The van der Waals surface area contributed by atoms with E-state index in [0.717, 1.165) is 60.7 Å². The number of hydrogen-bond acceptors (Lipinski definition) is 5. The van der Waals surface area contributed by atoms with Gasteiger partial charge in [0.25, 0.3) is 5.91 Å². The molecule has 0 radical (unpaired) electrons. The number of fused-ring (bicyclic) bond motifs is 2. The van der Waals surface area contributed by atoms with Crippen LogP contribution in [0.4, 0.5) is 5.00 Å². The second kappa shape index (κ2) is 8.29. The van der Waals surface area contributed by atoms with Crippen molar-refractivity contribution in [2.45, 2.75) is 44.6 Å². The summed E-state index contributed by atoms with van der Waals surface area (Å²) in [5, 5.41) is 13.4. The first-order valence-corrected chi connectivity index (χ1v) is 11.6. The molecule has 156 valence electrons. The van der Waals surface area contributed by atoms with Crippen LogP contribution in [0.25, 0.3) is 0 Å². The van der Waals surface area contributed by atoms with Gasteiger partial charge in [-0.25, -0.2) is 0 Å². The number of quaternary nitrogens is 1. The van der Waals surface area contributed by atoms with Gasteiger partial charge >= 0.3 is 0 Å². The minimum absolute atomic E-state index is 0.00968. The number of likely N-dealkylation sites (tertiary alicyclic amines) is 1. The van der Waals surface area contributed by atoms with Gasteiger partial charge in [-0.3, -0.25) is 4.79 Å². The number of benzene rings is 1. The van der Waals surface area contributed by atoms with Gasteiger partial charge < -0.3 is 19.7 Å². The highest BCUT2D eigenvalue weighted by molar-refractivity contribution is 7.16. The lowest BCUT2D eigenvalue weighted by Crippen LogP contribution is -3.11. The van der Waals surface area contributed by atoms with E-state index in [4.69, 9.17) is 9.47 Å². The van der Waals surface area contributed by atoms with Gasteiger partial charge in [0.1, 0.15) is 30.3 Å². The summed E-state index contributed by atoms with van der Waals surface area (Å²) in [6, 6.07) is 8.76. The molecular formula is C23H26N3O3S+. The van der Waals surface area contributed by atoms with Crippen LogP contribution in [0, 0.1) is 11.3 Å². The number of hydrogen-bond donors (Lipinski definition) is 2. The number of amides is 1. The van der Waals surface area contributed by atoms with Crippen molar-refractivity contribution < 1.29 is 19.2 Å². The SMILES string of the molecule is N#Cc1c(NC(=O)C[NH+]2CCC[C@H]2c2ccc3c(c2)OCCO3)sc2c1CCCC2. The third-order valence-corrected chi connectivity index (χ3v) is 7.58. The van der Waals surface area contributed by atoms with Crippen molar-refractivity contribution in [3.63, 3.8) is 0 Å². The molecule has 2 atom stereocenters. The zero-order valence-electron chi connectivity index (χ0n) is 17.0. The summed E-state index contributed by atoms with van der Waals surface area (Å²) in [6.07, 6.45) is 6.42. The van der Waals surface area contributed by atoms with Crippen molar-refractivity contribution in [1.29, 1.82) is 5.26 Å². The Bertz CT molecular complexity index is 1010. The van der Waals surface area contributed by atoms with E-state index in [-0.39, 0.29) is 11.9 Å². The molecule has 7 heteroatoms. The Morgan fingerprint density at radius 3 is 2.90 bits per heavy atom. The molecule has 3 heterocycles. The molecule has 0 saturated carbocycles. The van der Waals surface area contributed by atoms with Gasteiger partial charge in [0.15, 0.2) is 18.0 Å². The number of thiophene rings is 1. The van der Waals surface area contributed by atoms with Crippen molar-refractivity contribution in [1.82, 2.24) is 0 Å². The molecule has 3 aliphatic rings. The monoisotopic (exact) mass is 424 g/mol. The predicted octanol–water partition coefficient (Wildman–Crippen LogP) is 2.63. The minimum atomic E-state index is -0.00968. The second-order valence-corrected chi connectivity index (χ2v) is 9.36. The van der Waals surface area contributed by atoms with Crippen LogP contribution in [-0.4, -0.2) is 32.2 Å². The van der Waals surface area contributed by atoms with Gasteiger partial charge in [-0.15, -0.1) is 11.3 Å². The number of aryl methyl sites for hydroxylation is 1. The summed E-state index contributed by atoms with van der Waals surface area (Å²) in [4.78, 5) is 15.4. The van der Waals surface area contributed by atoms with Crippen LogP contribution in [0.3, 0.4) is 0 Å². The van der Waals surface area contributed by atoms with E-state index in [1.165, 1.54) is 21.8 Å². The lowest BCUT2D eigenvalue weighted by Gasteiger charge is -2.24. The second-order valence-electron chi connectivity index (χ2n) is 8.26. The molecule has 1 aromatic heterocycles. The van der Waals surface area contributed by atoms with Crippen LogP contribution in [0.1, 0.15) is 53.3 Å². The number of nitrogens with one attached hydrogen (secondary N) is 2.